The Morgan fingerprint density at radius 3 is 2.54 bits per heavy atom. The molecule has 0 radical (unpaired) electrons. The van der Waals surface area contributed by atoms with Crippen molar-refractivity contribution >= 4 is 5.91 Å². The van der Waals surface area contributed by atoms with Gasteiger partial charge in [0.1, 0.15) is 0 Å². The first-order valence-electron chi connectivity index (χ1n) is 8.54. The van der Waals surface area contributed by atoms with Crippen LogP contribution in [0.4, 0.5) is 0 Å². The minimum absolute atomic E-state index is 0.0313. The summed E-state index contributed by atoms with van der Waals surface area (Å²) >= 11 is 0. The normalized spacial score (nSPS) is 16.0. The molecular formula is C17H28N4O3. The molecule has 0 spiro atoms. The van der Waals surface area contributed by atoms with Crippen LogP contribution in [0.2, 0.25) is 0 Å². The second-order valence-corrected chi connectivity index (χ2v) is 6.14. The molecule has 1 fully saturated rings. The van der Waals surface area contributed by atoms with Crippen LogP contribution >= 0.6 is 0 Å². The van der Waals surface area contributed by atoms with Gasteiger partial charge in [0, 0.05) is 18.2 Å². The molecule has 24 heavy (non-hydrogen) atoms. The quantitative estimate of drug-likeness (QED) is 0.772. The summed E-state index contributed by atoms with van der Waals surface area (Å²) in [6, 6.07) is 0.412. The number of methoxy groups -OCH3 is 2. The Morgan fingerprint density at radius 1 is 1.25 bits per heavy atom. The van der Waals surface area contributed by atoms with E-state index in [1.807, 2.05) is 6.92 Å². The lowest BCUT2D eigenvalue weighted by Gasteiger charge is -2.23. The SMILES string of the molecule is CC[C@H](CN1CCCC1)NC(=O)Cc1c(C)nc(OC)nc1OC. The molecule has 1 amide bonds. The molecule has 0 bridgehead atoms. The first-order chi connectivity index (χ1) is 11.6. The Labute approximate surface area is 143 Å². The van der Waals surface area contributed by atoms with E-state index in [1.54, 1.807) is 0 Å². The third-order valence-corrected chi connectivity index (χ3v) is 4.40. The van der Waals surface area contributed by atoms with Crippen LogP contribution in [0.1, 0.15) is 37.4 Å². The molecule has 1 aliphatic heterocycles. The van der Waals surface area contributed by atoms with Crippen molar-refractivity contribution in [3.05, 3.63) is 11.3 Å². The van der Waals surface area contributed by atoms with E-state index in [0.717, 1.165) is 26.1 Å². The Bertz CT molecular complexity index is 559. The highest BCUT2D eigenvalue weighted by Crippen LogP contribution is 2.22. The van der Waals surface area contributed by atoms with Crippen LogP contribution in [0, 0.1) is 6.92 Å². The van der Waals surface area contributed by atoms with Gasteiger partial charge in [0.2, 0.25) is 11.8 Å². The van der Waals surface area contributed by atoms with Crippen molar-refractivity contribution in [2.75, 3.05) is 33.9 Å². The van der Waals surface area contributed by atoms with Crippen LogP contribution in [-0.2, 0) is 11.2 Å². The Morgan fingerprint density at radius 2 is 1.96 bits per heavy atom. The lowest BCUT2D eigenvalue weighted by molar-refractivity contribution is -0.121. The summed E-state index contributed by atoms with van der Waals surface area (Å²) in [6.45, 7) is 7.11. The van der Waals surface area contributed by atoms with Crippen molar-refractivity contribution < 1.29 is 14.3 Å². The van der Waals surface area contributed by atoms with E-state index >= 15 is 0 Å². The van der Waals surface area contributed by atoms with Gasteiger partial charge in [-0.15, -0.1) is 0 Å². The maximum atomic E-state index is 12.5. The first-order valence-corrected chi connectivity index (χ1v) is 8.54. The summed E-state index contributed by atoms with van der Waals surface area (Å²) in [5.41, 5.74) is 1.40. The molecule has 2 heterocycles. The van der Waals surface area contributed by atoms with Crippen molar-refractivity contribution in [2.45, 2.75) is 45.6 Å². The molecule has 1 aromatic heterocycles. The van der Waals surface area contributed by atoms with Gasteiger partial charge in [-0.25, -0.2) is 4.98 Å². The van der Waals surface area contributed by atoms with Gasteiger partial charge in [0.15, 0.2) is 0 Å². The number of aryl methyl sites for hydroxylation is 1. The van der Waals surface area contributed by atoms with Crippen LogP contribution in [0.5, 0.6) is 11.9 Å². The van der Waals surface area contributed by atoms with E-state index in [9.17, 15) is 4.79 Å². The molecule has 0 aliphatic carbocycles. The summed E-state index contributed by atoms with van der Waals surface area (Å²) in [6.07, 6.45) is 3.63. The third-order valence-electron chi connectivity index (χ3n) is 4.40. The number of amides is 1. The van der Waals surface area contributed by atoms with E-state index in [4.69, 9.17) is 9.47 Å². The van der Waals surface area contributed by atoms with E-state index in [0.29, 0.717) is 17.1 Å². The zero-order valence-electron chi connectivity index (χ0n) is 15.1. The predicted molar refractivity (Wildman–Crippen MR) is 91.5 cm³/mol. The minimum Gasteiger partial charge on any atom is -0.481 e. The highest BCUT2D eigenvalue weighted by atomic mass is 16.5. The number of hydrogen-bond donors (Lipinski definition) is 1. The summed E-state index contributed by atoms with van der Waals surface area (Å²) in [4.78, 5) is 23.3. The largest absolute Gasteiger partial charge is 0.481 e. The van der Waals surface area contributed by atoms with E-state index < -0.39 is 0 Å². The monoisotopic (exact) mass is 336 g/mol. The van der Waals surface area contributed by atoms with Crippen LogP contribution in [0.15, 0.2) is 0 Å². The zero-order chi connectivity index (χ0) is 17.5. The highest BCUT2D eigenvalue weighted by Gasteiger charge is 2.20. The van der Waals surface area contributed by atoms with Gasteiger partial charge in [-0.1, -0.05) is 6.92 Å². The second kappa shape index (κ2) is 8.82. The molecule has 1 aliphatic rings. The zero-order valence-corrected chi connectivity index (χ0v) is 15.1. The molecule has 1 aromatic rings. The molecule has 134 valence electrons. The maximum Gasteiger partial charge on any atom is 0.319 e. The molecule has 1 N–H and O–H groups in total. The molecule has 0 unspecified atom stereocenters. The van der Waals surface area contributed by atoms with Gasteiger partial charge in [0.25, 0.3) is 0 Å². The Kier molecular flexibility index (Phi) is 6.78. The van der Waals surface area contributed by atoms with E-state index in [-0.39, 0.29) is 24.4 Å². The van der Waals surface area contributed by atoms with Crippen LogP contribution in [0.3, 0.4) is 0 Å². The lowest BCUT2D eigenvalue weighted by Crippen LogP contribution is -2.43. The topological polar surface area (TPSA) is 76.6 Å². The number of rotatable bonds is 8. The van der Waals surface area contributed by atoms with Crippen LogP contribution < -0.4 is 14.8 Å². The number of nitrogens with one attached hydrogen (secondary N) is 1. The number of likely N-dealkylation sites (tertiary alicyclic amines) is 1. The van der Waals surface area contributed by atoms with Gasteiger partial charge in [-0.2, -0.15) is 4.98 Å². The summed E-state index contributed by atoms with van der Waals surface area (Å²) in [5, 5.41) is 3.13. The summed E-state index contributed by atoms with van der Waals surface area (Å²) in [7, 11) is 3.04. The standard InChI is InChI=1S/C17H28N4O3/c1-5-13(11-21-8-6-7-9-21)19-15(22)10-14-12(2)18-17(24-4)20-16(14)23-3/h13H,5-11H2,1-4H3,(H,19,22)/t13-/m1/s1. The number of carbonyl (C=O) groups is 1. The Hall–Kier alpha value is -1.89. The highest BCUT2D eigenvalue weighted by molar-refractivity contribution is 5.79. The van der Waals surface area contributed by atoms with Gasteiger partial charge in [-0.3, -0.25) is 4.79 Å². The van der Waals surface area contributed by atoms with Crippen LogP contribution in [-0.4, -0.2) is 60.7 Å². The van der Waals surface area contributed by atoms with E-state index in [1.165, 1.54) is 27.1 Å². The number of ether oxygens (including phenoxy) is 2. The molecular weight excluding hydrogens is 308 g/mol. The number of nitrogens with zero attached hydrogens (tertiary/aromatic N) is 3. The van der Waals surface area contributed by atoms with Gasteiger partial charge in [-0.05, 0) is 39.3 Å². The fourth-order valence-corrected chi connectivity index (χ4v) is 3.00. The fourth-order valence-electron chi connectivity index (χ4n) is 3.00. The van der Waals surface area contributed by atoms with Crippen molar-refractivity contribution in [3.8, 4) is 11.9 Å². The first kappa shape index (κ1) is 18.4. The molecule has 2 rings (SSSR count). The number of carbonyl (C=O) groups excluding carboxylic acids is 1. The maximum absolute atomic E-state index is 12.5. The molecule has 0 saturated carbocycles. The van der Waals surface area contributed by atoms with Crippen LogP contribution in [0.25, 0.3) is 0 Å². The van der Waals surface area contributed by atoms with Gasteiger partial charge >= 0.3 is 6.01 Å². The second-order valence-electron chi connectivity index (χ2n) is 6.14. The fraction of sp³-hybridized carbons (Fsp3) is 0.706. The number of hydrogen-bond acceptors (Lipinski definition) is 6. The van der Waals surface area contributed by atoms with Crippen molar-refractivity contribution in [1.82, 2.24) is 20.2 Å². The molecule has 7 heteroatoms. The average molecular weight is 336 g/mol. The predicted octanol–water partition coefficient (Wildman–Crippen LogP) is 1.34. The van der Waals surface area contributed by atoms with Gasteiger partial charge in [0.05, 0.1) is 26.3 Å². The lowest BCUT2D eigenvalue weighted by atomic mass is 10.1. The third kappa shape index (κ3) is 4.80. The summed E-state index contributed by atoms with van der Waals surface area (Å²) < 4.78 is 10.3. The number of aromatic nitrogens is 2. The van der Waals surface area contributed by atoms with Crippen molar-refractivity contribution in [3.63, 3.8) is 0 Å². The van der Waals surface area contributed by atoms with E-state index in [2.05, 4.69) is 27.1 Å². The smallest absolute Gasteiger partial charge is 0.319 e. The van der Waals surface area contributed by atoms with Crippen molar-refractivity contribution in [2.24, 2.45) is 0 Å². The average Bonchev–Trinajstić information content (AvgIpc) is 3.08. The summed E-state index contributed by atoms with van der Waals surface area (Å²) in [5.74, 6) is 0.360. The Balaban J connectivity index is 2.00. The molecule has 0 aromatic carbocycles. The minimum atomic E-state index is -0.0313. The molecule has 7 nitrogen and oxygen atoms in total. The van der Waals surface area contributed by atoms with Gasteiger partial charge < -0.3 is 19.7 Å². The molecule has 1 saturated heterocycles. The molecule has 1 atom stereocenters. The van der Waals surface area contributed by atoms with Crippen molar-refractivity contribution in [1.29, 1.82) is 0 Å².